The number of hydrogen-bond acceptors (Lipinski definition) is 2. The molecule has 0 spiro atoms. The molecule has 70 valence electrons. The first-order valence-electron chi connectivity index (χ1n) is 4.40. The van der Waals surface area contributed by atoms with Gasteiger partial charge < -0.3 is 0 Å². The molecule has 0 saturated heterocycles. The predicted octanol–water partition coefficient (Wildman–Crippen LogP) is 1.66. The lowest BCUT2D eigenvalue weighted by molar-refractivity contribution is 0.556. The maximum atomic E-state index is 4.27. The topological polar surface area (TPSA) is 46.0 Å². The van der Waals surface area contributed by atoms with E-state index in [1.807, 2.05) is 13.0 Å². The first kappa shape index (κ1) is 8.29. The number of aromatic nitrogens is 4. The first-order chi connectivity index (χ1) is 5.97. The quantitative estimate of drug-likeness (QED) is 0.667. The second kappa shape index (κ2) is 2.34. The Morgan fingerprint density at radius 1 is 1.38 bits per heavy atom. The highest BCUT2D eigenvalue weighted by Gasteiger charge is 2.17. The molecule has 4 nitrogen and oxygen atoms in total. The number of aryl methyl sites for hydroxylation is 1. The van der Waals surface area contributed by atoms with Gasteiger partial charge in [-0.1, -0.05) is 20.8 Å². The molecule has 0 atom stereocenters. The summed E-state index contributed by atoms with van der Waals surface area (Å²) in [5.74, 6) is 0.798. The summed E-state index contributed by atoms with van der Waals surface area (Å²) in [6, 6.07) is 2.04. The highest BCUT2D eigenvalue weighted by atomic mass is 15.5. The van der Waals surface area contributed by atoms with Crippen molar-refractivity contribution in [1.82, 2.24) is 19.8 Å². The van der Waals surface area contributed by atoms with Crippen molar-refractivity contribution >= 4 is 5.65 Å². The van der Waals surface area contributed by atoms with E-state index in [0.29, 0.717) is 0 Å². The number of nitrogens with zero attached hydrogens (tertiary/aromatic N) is 3. The van der Waals surface area contributed by atoms with Crippen LogP contribution in [-0.2, 0) is 5.41 Å². The van der Waals surface area contributed by atoms with Crippen LogP contribution in [-0.4, -0.2) is 19.8 Å². The monoisotopic (exact) mass is 178 g/mol. The summed E-state index contributed by atoms with van der Waals surface area (Å²) in [4.78, 5) is 4.27. The Bertz CT molecular complexity index is 398. The molecule has 13 heavy (non-hydrogen) atoms. The number of fused-ring (bicyclic) bond motifs is 1. The van der Waals surface area contributed by atoms with Crippen LogP contribution in [0.15, 0.2) is 6.07 Å². The van der Waals surface area contributed by atoms with Crippen LogP contribution < -0.4 is 0 Å². The molecule has 4 heteroatoms. The molecule has 2 rings (SSSR count). The largest absolute Gasteiger partial charge is 0.280 e. The van der Waals surface area contributed by atoms with Gasteiger partial charge in [0.2, 0.25) is 0 Å². The maximum absolute atomic E-state index is 4.27. The van der Waals surface area contributed by atoms with Crippen LogP contribution in [0.3, 0.4) is 0 Å². The minimum atomic E-state index is 0.121. The van der Waals surface area contributed by atoms with E-state index in [-0.39, 0.29) is 5.41 Å². The van der Waals surface area contributed by atoms with Gasteiger partial charge in [-0.2, -0.15) is 4.63 Å². The molecular weight excluding hydrogens is 164 g/mol. The summed E-state index contributed by atoms with van der Waals surface area (Å²) in [6.45, 7) is 8.36. The number of nitrogens with one attached hydrogen (secondary N) is 1. The van der Waals surface area contributed by atoms with E-state index in [9.17, 15) is 0 Å². The average Bonchev–Trinajstić information content (AvgIpc) is 2.40. The van der Waals surface area contributed by atoms with Crippen molar-refractivity contribution in [2.45, 2.75) is 33.1 Å². The SMILES string of the molecule is Cc1nc2cc(C(C)(C)C)[nH]n2n1. The van der Waals surface area contributed by atoms with Gasteiger partial charge in [0.15, 0.2) is 5.65 Å². The van der Waals surface area contributed by atoms with Crippen molar-refractivity contribution in [3.05, 3.63) is 17.6 Å². The highest BCUT2D eigenvalue weighted by Crippen LogP contribution is 2.21. The lowest BCUT2D eigenvalue weighted by Gasteiger charge is -2.14. The summed E-state index contributed by atoms with van der Waals surface area (Å²) in [6.07, 6.45) is 0. The van der Waals surface area contributed by atoms with Crippen molar-refractivity contribution in [2.24, 2.45) is 0 Å². The van der Waals surface area contributed by atoms with Crippen LogP contribution in [0.2, 0.25) is 0 Å². The number of aromatic amines is 1. The molecule has 0 aliphatic carbocycles. The molecule has 0 amide bonds. The second-order valence-electron chi connectivity index (χ2n) is 4.35. The highest BCUT2D eigenvalue weighted by molar-refractivity contribution is 5.39. The van der Waals surface area contributed by atoms with Gasteiger partial charge >= 0.3 is 0 Å². The van der Waals surface area contributed by atoms with Gasteiger partial charge in [-0.05, 0) is 6.92 Å². The van der Waals surface area contributed by atoms with Gasteiger partial charge in [-0.15, -0.1) is 5.10 Å². The summed E-state index contributed by atoms with van der Waals surface area (Å²) in [5.41, 5.74) is 2.17. The average molecular weight is 178 g/mol. The molecule has 2 heterocycles. The Kier molecular flexibility index (Phi) is 1.49. The number of rotatable bonds is 0. The van der Waals surface area contributed by atoms with E-state index in [1.165, 1.54) is 0 Å². The Labute approximate surface area is 77.0 Å². The molecule has 0 unspecified atom stereocenters. The lowest BCUT2D eigenvalue weighted by Crippen LogP contribution is -2.12. The maximum Gasteiger partial charge on any atom is 0.175 e. The van der Waals surface area contributed by atoms with E-state index in [4.69, 9.17) is 0 Å². The summed E-state index contributed by atoms with van der Waals surface area (Å²) >= 11 is 0. The smallest absolute Gasteiger partial charge is 0.175 e. The number of hydrogen-bond donors (Lipinski definition) is 1. The first-order valence-corrected chi connectivity index (χ1v) is 4.40. The predicted molar refractivity (Wildman–Crippen MR) is 50.8 cm³/mol. The van der Waals surface area contributed by atoms with Crippen LogP contribution in [0, 0.1) is 6.92 Å². The fraction of sp³-hybridized carbons (Fsp3) is 0.556. The van der Waals surface area contributed by atoms with E-state index >= 15 is 0 Å². The molecule has 0 saturated carbocycles. The Balaban J connectivity index is 2.57. The lowest BCUT2D eigenvalue weighted by atomic mass is 9.93. The zero-order chi connectivity index (χ0) is 9.64. The van der Waals surface area contributed by atoms with Crippen LogP contribution in [0.1, 0.15) is 32.3 Å². The minimum Gasteiger partial charge on any atom is -0.280 e. The number of H-pyrrole nitrogens is 1. The fourth-order valence-corrected chi connectivity index (χ4v) is 1.27. The summed E-state index contributed by atoms with van der Waals surface area (Å²) in [7, 11) is 0. The standard InChI is InChI=1S/C9H14N4/c1-6-10-8-5-7(9(2,3)4)12-13(8)11-6/h5,12H,1-4H3. The molecule has 0 fully saturated rings. The van der Waals surface area contributed by atoms with Gasteiger partial charge in [0.05, 0.1) is 0 Å². The third-order valence-corrected chi connectivity index (χ3v) is 2.05. The van der Waals surface area contributed by atoms with E-state index in [0.717, 1.165) is 17.2 Å². The van der Waals surface area contributed by atoms with Crippen molar-refractivity contribution < 1.29 is 0 Å². The molecule has 2 aromatic rings. The third kappa shape index (κ3) is 1.32. The molecule has 0 bridgehead atoms. The molecule has 1 N–H and O–H groups in total. The minimum absolute atomic E-state index is 0.121. The molecule has 2 aromatic heterocycles. The summed E-state index contributed by atoms with van der Waals surface area (Å²) < 4.78 is 1.72. The zero-order valence-corrected chi connectivity index (χ0v) is 8.42. The fourth-order valence-electron chi connectivity index (χ4n) is 1.27. The van der Waals surface area contributed by atoms with Crippen LogP contribution in [0.4, 0.5) is 0 Å². The third-order valence-electron chi connectivity index (χ3n) is 2.05. The van der Waals surface area contributed by atoms with Crippen LogP contribution in [0.5, 0.6) is 0 Å². The molecule has 0 aliphatic rings. The molecule has 0 aliphatic heterocycles. The van der Waals surface area contributed by atoms with Crippen molar-refractivity contribution in [3.8, 4) is 0 Å². The zero-order valence-electron chi connectivity index (χ0n) is 8.42. The van der Waals surface area contributed by atoms with Gasteiger partial charge in [-0.25, -0.2) is 4.98 Å². The van der Waals surface area contributed by atoms with Crippen LogP contribution in [0.25, 0.3) is 5.65 Å². The van der Waals surface area contributed by atoms with Crippen molar-refractivity contribution in [1.29, 1.82) is 0 Å². The normalized spacial score (nSPS) is 12.6. The molecular formula is C9H14N4. The Morgan fingerprint density at radius 3 is 2.62 bits per heavy atom. The van der Waals surface area contributed by atoms with Gasteiger partial charge in [0.1, 0.15) is 5.82 Å². The van der Waals surface area contributed by atoms with E-state index in [2.05, 4.69) is 36.0 Å². The Morgan fingerprint density at radius 2 is 2.08 bits per heavy atom. The van der Waals surface area contributed by atoms with Crippen molar-refractivity contribution in [3.63, 3.8) is 0 Å². The van der Waals surface area contributed by atoms with E-state index < -0.39 is 0 Å². The van der Waals surface area contributed by atoms with E-state index in [1.54, 1.807) is 4.63 Å². The molecule has 0 radical (unpaired) electrons. The van der Waals surface area contributed by atoms with Gasteiger partial charge in [-0.3, -0.25) is 5.10 Å². The van der Waals surface area contributed by atoms with Crippen molar-refractivity contribution in [2.75, 3.05) is 0 Å². The second-order valence-corrected chi connectivity index (χ2v) is 4.35. The summed E-state index contributed by atoms with van der Waals surface area (Å²) in [5, 5.41) is 7.40. The van der Waals surface area contributed by atoms with Gasteiger partial charge in [0.25, 0.3) is 0 Å². The molecule has 0 aromatic carbocycles. The Hall–Kier alpha value is -1.32. The van der Waals surface area contributed by atoms with Crippen LogP contribution >= 0.6 is 0 Å². The van der Waals surface area contributed by atoms with Gasteiger partial charge in [0, 0.05) is 17.2 Å².